The molecule has 2 aliphatic rings. The van der Waals surface area contributed by atoms with Crippen LogP contribution in [0.15, 0.2) is 24.3 Å². The Kier molecular flexibility index (Phi) is 2.12. The van der Waals surface area contributed by atoms with E-state index < -0.39 is 0 Å². The highest BCUT2D eigenvalue weighted by molar-refractivity contribution is 5.83. The van der Waals surface area contributed by atoms with Gasteiger partial charge in [0.1, 0.15) is 5.78 Å². The molecule has 3 rings (SSSR count). The molecule has 1 aromatic rings. The predicted octanol–water partition coefficient (Wildman–Crippen LogP) is 3.09. The lowest BCUT2D eigenvalue weighted by Gasteiger charge is -2.36. The quantitative estimate of drug-likeness (QED) is 0.629. The summed E-state index contributed by atoms with van der Waals surface area (Å²) in [7, 11) is 0. The molecule has 78 valence electrons. The van der Waals surface area contributed by atoms with Crippen LogP contribution in [0.25, 0.3) is 0 Å². The highest BCUT2D eigenvalue weighted by atomic mass is 16.1. The highest BCUT2D eigenvalue weighted by Crippen LogP contribution is 2.43. The van der Waals surface area contributed by atoms with E-state index in [2.05, 4.69) is 24.3 Å². The fourth-order valence-electron chi connectivity index (χ4n) is 3.28. The zero-order chi connectivity index (χ0) is 10.3. The Labute approximate surface area is 90.5 Å². The molecule has 0 N–H and O–H groups in total. The fraction of sp³-hybridized carbons (Fsp3) is 0.500. The van der Waals surface area contributed by atoms with Crippen LogP contribution in [0.4, 0.5) is 0 Å². The van der Waals surface area contributed by atoms with Gasteiger partial charge in [0.25, 0.3) is 0 Å². The second-order valence-corrected chi connectivity index (χ2v) is 4.81. The van der Waals surface area contributed by atoms with Crippen LogP contribution in [-0.4, -0.2) is 5.78 Å². The van der Waals surface area contributed by atoms with Crippen molar-refractivity contribution < 1.29 is 4.79 Å². The Bertz CT molecular complexity index is 394. The Morgan fingerprint density at radius 2 is 1.87 bits per heavy atom. The molecule has 0 heterocycles. The van der Waals surface area contributed by atoms with Crippen molar-refractivity contribution in [3.63, 3.8) is 0 Å². The molecule has 2 aliphatic carbocycles. The minimum Gasteiger partial charge on any atom is -0.299 e. The number of aryl methyl sites for hydroxylation is 1. The van der Waals surface area contributed by atoms with Gasteiger partial charge < -0.3 is 0 Å². The number of rotatable bonds is 0. The number of benzene rings is 1. The molecule has 0 spiro atoms. The van der Waals surface area contributed by atoms with Gasteiger partial charge in [0.15, 0.2) is 0 Å². The molecule has 0 aromatic heterocycles. The number of carbonyl (C=O) groups is 1. The maximum absolute atomic E-state index is 11.8. The SMILES string of the molecule is O=C1CCCC2c3ccccc3CCC12. The van der Waals surface area contributed by atoms with Crippen LogP contribution in [-0.2, 0) is 11.2 Å². The lowest BCUT2D eigenvalue weighted by atomic mass is 9.67. The summed E-state index contributed by atoms with van der Waals surface area (Å²) in [6.07, 6.45) is 5.31. The van der Waals surface area contributed by atoms with Crippen LogP contribution in [0.3, 0.4) is 0 Å². The largest absolute Gasteiger partial charge is 0.299 e. The Hall–Kier alpha value is -1.11. The number of fused-ring (bicyclic) bond motifs is 3. The molecule has 0 amide bonds. The first-order chi connectivity index (χ1) is 7.36. The van der Waals surface area contributed by atoms with Crippen molar-refractivity contribution in [1.29, 1.82) is 0 Å². The second kappa shape index (κ2) is 3.48. The molecule has 1 heteroatoms. The first-order valence-corrected chi connectivity index (χ1v) is 5.97. The summed E-state index contributed by atoms with van der Waals surface area (Å²) in [6, 6.07) is 8.68. The first kappa shape index (κ1) is 9.14. The van der Waals surface area contributed by atoms with Crippen LogP contribution in [0.1, 0.15) is 42.7 Å². The van der Waals surface area contributed by atoms with Gasteiger partial charge in [0, 0.05) is 12.3 Å². The van der Waals surface area contributed by atoms with Gasteiger partial charge in [-0.05, 0) is 42.7 Å². The summed E-state index contributed by atoms with van der Waals surface area (Å²) in [5.41, 5.74) is 2.94. The second-order valence-electron chi connectivity index (χ2n) is 4.81. The van der Waals surface area contributed by atoms with Gasteiger partial charge in [0.05, 0.1) is 0 Å². The van der Waals surface area contributed by atoms with E-state index in [1.165, 1.54) is 17.5 Å². The van der Waals surface area contributed by atoms with E-state index in [1.807, 2.05) is 0 Å². The van der Waals surface area contributed by atoms with Gasteiger partial charge in [-0.15, -0.1) is 0 Å². The summed E-state index contributed by atoms with van der Waals surface area (Å²) in [5.74, 6) is 1.39. The minimum absolute atomic E-state index is 0.341. The average Bonchev–Trinajstić information content (AvgIpc) is 2.29. The summed E-state index contributed by atoms with van der Waals surface area (Å²) < 4.78 is 0. The summed E-state index contributed by atoms with van der Waals surface area (Å²) >= 11 is 0. The number of Topliss-reactive ketones (excluding diaryl/α,β-unsaturated/α-hetero) is 1. The molecular formula is C14H16O. The molecule has 2 atom stereocenters. The smallest absolute Gasteiger partial charge is 0.136 e. The molecule has 1 nitrogen and oxygen atoms in total. The maximum atomic E-state index is 11.8. The average molecular weight is 200 g/mol. The zero-order valence-corrected chi connectivity index (χ0v) is 8.91. The summed E-state index contributed by atoms with van der Waals surface area (Å²) in [6.45, 7) is 0. The Morgan fingerprint density at radius 1 is 1.00 bits per heavy atom. The van der Waals surface area contributed by atoms with Crippen LogP contribution >= 0.6 is 0 Å². The van der Waals surface area contributed by atoms with Gasteiger partial charge in [0.2, 0.25) is 0 Å². The molecule has 0 radical (unpaired) electrons. The van der Waals surface area contributed by atoms with Gasteiger partial charge in [-0.2, -0.15) is 0 Å². The molecule has 0 saturated heterocycles. The van der Waals surface area contributed by atoms with E-state index in [0.29, 0.717) is 17.6 Å². The van der Waals surface area contributed by atoms with Crippen molar-refractivity contribution in [2.24, 2.45) is 5.92 Å². The van der Waals surface area contributed by atoms with Crippen LogP contribution in [0, 0.1) is 5.92 Å². The standard InChI is InChI=1S/C14H16O/c15-14-7-3-6-12-11-5-2-1-4-10(11)8-9-13(12)14/h1-2,4-5,12-13H,3,6-9H2. The van der Waals surface area contributed by atoms with Crippen molar-refractivity contribution in [3.05, 3.63) is 35.4 Å². The third kappa shape index (κ3) is 1.41. The van der Waals surface area contributed by atoms with Gasteiger partial charge >= 0.3 is 0 Å². The Morgan fingerprint density at radius 3 is 2.80 bits per heavy atom. The van der Waals surface area contributed by atoms with E-state index in [9.17, 15) is 4.79 Å². The molecule has 1 aromatic carbocycles. The lowest BCUT2D eigenvalue weighted by Crippen LogP contribution is -2.31. The molecule has 2 unspecified atom stereocenters. The maximum Gasteiger partial charge on any atom is 0.136 e. The summed E-state index contributed by atoms with van der Waals surface area (Å²) in [5, 5.41) is 0. The molecule has 15 heavy (non-hydrogen) atoms. The molecular weight excluding hydrogens is 184 g/mol. The minimum atomic E-state index is 0.341. The lowest BCUT2D eigenvalue weighted by molar-refractivity contribution is -0.125. The van der Waals surface area contributed by atoms with Crippen molar-refractivity contribution in [3.8, 4) is 0 Å². The summed E-state index contributed by atoms with van der Waals surface area (Å²) in [4.78, 5) is 11.8. The van der Waals surface area contributed by atoms with Gasteiger partial charge in [-0.1, -0.05) is 24.3 Å². The van der Waals surface area contributed by atoms with Crippen LogP contribution in [0.5, 0.6) is 0 Å². The monoisotopic (exact) mass is 200 g/mol. The number of carbonyl (C=O) groups excluding carboxylic acids is 1. The van der Waals surface area contributed by atoms with E-state index in [1.54, 1.807) is 0 Å². The topological polar surface area (TPSA) is 17.1 Å². The Balaban J connectivity index is 2.02. The van der Waals surface area contributed by atoms with Gasteiger partial charge in [-0.25, -0.2) is 0 Å². The number of ketones is 1. The first-order valence-electron chi connectivity index (χ1n) is 5.97. The third-order valence-electron chi connectivity index (χ3n) is 4.02. The van der Waals surface area contributed by atoms with E-state index in [0.717, 1.165) is 25.7 Å². The highest BCUT2D eigenvalue weighted by Gasteiger charge is 2.36. The normalized spacial score (nSPS) is 29.5. The third-order valence-corrected chi connectivity index (χ3v) is 4.02. The van der Waals surface area contributed by atoms with Crippen molar-refractivity contribution in [2.75, 3.05) is 0 Å². The predicted molar refractivity (Wildman–Crippen MR) is 59.9 cm³/mol. The van der Waals surface area contributed by atoms with Crippen molar-refractivity contribution in [1.82, 2.24) is 0 Å². The zero-order valence-electron chi connectivity index (χ0n) is 8.91. The molecule has 1 fully saturated rings. The van der Waals surface area contributed by atoms with Crippen LogP contribution in [0.2, 0.25) is 0 Å². The van der Waals surface area contributed by atoms with E-state index in [4.69, 9.17) is 0 Å². The fourth-order valence-corrected chi connectivity index (χ4v) is 3.28. The number of hydrogen-bond acceptors (Lipinski definition) is 1. The van der Waals surface area contributed by atoms with Crippen LogP contribution < -0.4 is 0 Å². The van der Waals surface area contributed by atoms with Gasteiger partial charge in [-0.3, -0.25) is 4.79 Å². The molecule has 0 bridgehead atoms. The number of hydrogen-bond donors (Lipinski definition) is 0. The van der Waals surface area contributed by atoms with E-state index >= 15 is 0 Å². The van der Waals surface area contributed by atoms with Crippen molar-refractivity contribution in [2.45, 2.75) is 38.0 Å². The van der Waals surface area contributed by atoms with Crippen molar-refractivity contribution >= 4 is 5.78 Å². The molecule has 0 aliphatic heterocycles. The van der Waals surface area contributed by atoms with E-state index in [-0.39, 0.29) is 0 Å². The molecule has 1 saturated carbocycles.